The molecule has 0 fully saturated rings. The first kappa shape index (κ1) is 10.5. The quantitative estimate of drug-likeness (QED) is 0.676. The van der Waals surface area contributed by atoms with Gasteiger partial charge < -0.3 is 10.1 Å². The van der Waals surface area contributed by atoms with Gasteiger partial charge in [0, 0.05) is 17.6 Å². The number of hydrogen-bond donors (Lipinski definition) is 1. The van der Waals surface area contributed by atoms with Gasteiger partial charge in [-0.25, -0.2) is 4.79 Å². The molecule has 15 heavy (non-hydrogen) atoms. The molecule has 0 saturated heterocycles. The molecule has 0 radical (unpaired) electrons. The third-order valence-corrected chi connectivity index (χ3v) is 2.69. The number of carbonyl (C=O) groups is 1. The fourth-order valence-corrected chi connectivity index (χ4v) is 1.79. The van der Waals surface area contributed by atoms with Gasteiger partial charge in [-0.1, -0.05) is 22.0 Å². The average Bonchev–Trinajstić information content (AvgIpc) is 2.72. The van der Waals surface area contributed by atoms with Crippen LogP contribution in [0.1, 0.15) is 15.9 Å². The second kappa shape index (κ2) is 4.66. The highest BCUT2D eigenvalue weighted by Gasteiger charge is 2.13. The summed E-state index contributed by atoms with van der Waals surface area (Å²) < 4.78 is 5.02. The second-order valence-corrected chi connectivity index (χ2v) is 4.17. The van der Waals surface area contributed by atoms with E-state index in [2.05, 4.69) is 21.2 Å². The molecule has 1 N–H and O–H groups in total. The molecule has 2 rings (SSSR count). The minimum Gasteiger partial charge on any atom is -0.461 e. The summed E-state index contributed by atoms with van der Waals surface area (Å²) in [6, 6.07) is 5.67. The minimum atomic E-state index is -0.258. The Morgan fingerprint density at radius 2 is 2.40 bits per heavy atom. The van der Waals surface area contributed by atoms with Crippen LogP contribution < -0.4 is 5.32 Å². The number of rotatable bonds is 3. The van der Waals surface area contributed by atoms with Crippen molar-refractivity contribution < 1.29 is 9.53 Å². The van der Waals surface area contributed by atoms with E-state index in [9.17, 15) is 4.79 Å². The van der Waals surface area contributed by atoms with Gasteiger partial charge in [-0.15, -0.1) is 0 Å². The number of fused-ring (bicyclic) bond motifs is 1. The van der Waals surface area contributed by atoms with Gasteiger partial charge in [0.25, 0.3) is 0 Å². The monoisotopic (exact) mass is 269 g/mol. The van der Waals surface area contributed by atoms with Crippen molar-refractivity contribution in [3.8, 4) is 0 Å². The first-order valence-electron chi connectivity index (χ1n) is 4.91. The van der Waals surface area contributed by atoms with Gasteiger partial charge in [0.2, 0.25) is 0 Å². The Morgan fingerprint density at radius 1 is 1.53 bits per heavy atom. The summed E-state index contributed by atoms with van der Waals surface area (Å²) in [6.07, 6.45) is 1.03. The molecule has 1 aliphatic rings. The molecule has 0 saturated carbocycles. The smallest absolute Gasteiger partial charge is 0.338 e. The Kier molecular flexibility index (Phi) is 3.26. The summed E-state index contributed by atoms with van der Waals surface area (Å²) in [7, 11) is 0. The molecule has 1 aliphatic heterocycles. The maximum Gasteiger partial charge on any atom is 0.338 e. The van der Waals surface area contributed by atoms with E-state index in [1.165, 1.54) is 5.56 Å². The zero-order chi connectivity index (χ0) is 10.7. The molecule has 3 nitrogen and oxygen atoms in total. The largest absolute Gasteiger partial charge is 0.461 e. The van der Waals surface area contributed by atoms with E-state index < -0.39 is 0 Å². The number of carbonyl (C=O) groups excluding carboxylic acids is 1. The van der Waals surface area contributed by atoms with Crippen LogP contribution in [0.25, 0.3) is 0 Å². The highest BCUT2D eigenvalue weighted by Crippen LogP contribution is 2.23. The molecule has 0 unspecified atom stereocenters. The van der Waals surface area contributed by atoms with Crippen molar-refractivity contribution >= 4 is 27.6 Å². The van der Waals surface area contributed by atoms with Crippen molar-refractivity contribution in [3.63, 3.8) is 0 Å². The second-order valence-electron chi connectivity index (χ2n) is 3.37. The Labute approximate surface area is 96.9 Å². The van der Waals surface area contributed by atoms with Crippen molar-refractivity contribution in [2.24, 2.45) is 0 Å². The van der Waals surface area contributed by atoms with Gasteiger partial charge in [0.15, 0.2) is 0 Å². The maximum absolute atomic E-state index is 11.5. The number of ether oxygens (including phenoxy) is 1. The Hall–Kier alpha value is -1.03. The van der Waals surface area contributed by atoms with E-state index >= 15 is 0 Å². The molecule has 0 aliphatic carbocycles. The maximum atomic E-state index is 11.5. The fourth-order valence-electron chi connectivity index (χ4n) is 1.63. The summed E-state index contributed by atoms with van der Waals surface area (Å²) in [6.45, 7) is 1.36. The van der Waals surface area contributed by atoms with Gasteiger partial charge in [-0.05, 0) is 24.1 Å². The van der Waals surface area contributed by atoms with Crippen LogP contribution in [-0.4, -0.2) is 24.5 Å². The molecule has 1 aromatic carbocycles. The summed E-state index contributed by atoms with van der Waals surface area (Å²) in [5, 5.41) is 3.90. The van der Waals surface area contributed by atoms with Crippen molar-refractivity contribution in [3.05, 3.63) is 29.3 Å². The molecular formula is C11H12BrNO2. The van der Waals surface area contributed by atoms with Crippen LogP contribution in [0.5, 0.6) is 0 Å². The zero-order valence-electron chi connectivity index (χ0n) is 8.25. The number of anilines is 1. The van der Waals surface area contributed by atoms with E-state index in [-0.39, 0.29) is 5.97 Å². The molecule has 80 valence electrons. The molecule has 4 heteroatoms. The van der Waals surface area contributed by atoms with Crippen LogP contribution in [-0.2, 0) is 11.2 Å². The van der Waals surface area contributed by atoms with Crippen molar-refractivity contribution in [1.29, 1.82) is 0 Å². The highest BCUT2D eigenvalue weighted by atomic mass is 79.9. The predicted octanol–water partition coefficient (Wildman–Crippen LogP) is 2.21. The molecule has 1 heterocycles. The van der Waals surface area contributed by atoms with Crippen molar-refractivity contribution in [2.75, 3.05) is 23.8 Å². The summed E-state index contributed by atoms with van der Waals surface area (Å²) >= 11 is 3.21. The van der Waals surface area contributed by atoms with Gasteiger partial charge in [0.05, 0.1) is 5.56 Å². The van der Waals surface area contributed by atoms with Gasteiger partial charge in [-0.3, -0.25) is 0 Å². The predicted molar refractivity (Wildman–Crippen MR) is 62.7 cm³/mol. The van der Waals surface area contributed by atoms with Gasteiger partial charge in [0.1, 0.15) is 6.61 Å². The lowest BCUT2D eigenvalue weighted by Crippen LogP contribution is -2.07. The summed E-state index contributed by atoms with van der Waals surface area (Å²) in [5.74, 6) is -0.258. The van der Waals surface area contributed by atoms with E-state index in [4.69, 9.17) is 4.74 Å². The molecule has 1 aromatic rings. The topological polar surface area (TPSA) is 38.3 Å². The van der Waals surface area contributed by atoms with Crippen LogP contribution in [0, 0.1) is 0 Å². The SMILES string of the molecule is O=C(OCCBr)c1ccc2c(c1)NCC2. The highest BCUT2D eigenvalue weighted by molar-refractivity contribution is 9.09. The Bertz CT molecular complexity index is 379. The third-order valence-electron chi connectivity index (χ3n) is 2.37. The minimum absolute atomic E-state index is 0.258. The number of esters is 1. The number of benzene rings is 1. The fraction of sp³-hybridized carbons (Fsp3) is 0.364. The first-order valence-corrected chi connectivity index (χ1v) is 6.03. The van der Waals surface area contributed by atoms with Crippen molar-refractivity contribution in [2.45, 2.75) is 6.42 Å². The van der Waals surface area contributed by atoms with Crippen LogP contribution >= 0.6 is 15.9 Å². The van der Waals surface area contributed by atoms with E-state index in [1.54, 1.807) is 0 Å². The Balaban J connectivity index is 2.12. The van der Waals surface area contributed by atoms with Crippen molar-refractivity contribution in [1.82, 2.24) is 0 Å². The lowest BCUT2D eigenvalue weighted by Gasteiger charge is -2.05. The molecule has 0 amide bonds. The molecule has 0 atom stereocenters. The van der Waals surface area contributed by atoms with Gasteiger partial charge in [-0.2, -0.15) is 0 Å². The lowest BCUT2D eigenvalue weighted by atomic mass is 10.1. The number of alkyl halides is 1. The van der Waals surface area contributed by atoms with E-state index in [0.29, 0.717) is 17.5 Å². The van der Waals surface area contributed by atoms with Crippen LogP contribution in [0.2, 0.25) is 0 Å². The van der Waals surface area contributed by atoms with E-state index in [0.717, 1.165) is 18.7 Å². The lowest BCUT2D eigenvalue weighted by molar-refractivity contribution is 0.0531. The first-order chi connectivity index (χ1) is 7.31. The number of hydrogen-bond acceptors (Lipinski definition) is 3. The Morgan fingerprint density at radius 3 is 3.20 bits per heavy atom. The average molecular weight is 270 g/mol. The standard InChI is InChI=1S/C11H12BrNO2/c12-4-6-15-11(14)9-2-1-8-3-5-13-10(8)7-9/h1-2,7,13H,3-6H2. The molecule has 0 aromatic heterocycles. The molecular weight excluding hydrogens is 258 g/mol. The molecule has 0 spiro atoms. The molecule has 0 bridgehead atoms. The van der Waals surface area contributed by atoms with E-state index in [1.807, 2.05) is 18.2 Å². The van der Waals surface area contributed by atoms with Gasteiger partial charge >= 0.3 is 5.97 Å². The normalized spacial score (nSPS) is 13.1. The summed E-state index contributed by atoms with van der Waals surface area (Å²) in [5.41, 5.74) is 2.94. The van der Waals surface area contributed by atoms with Crippen LogP contribution in [0.3, 0.4) is 0 Å². The number of halogens is 1. The van der Waals surface area contributed by atoms with Crippen LogP contribution in [0.15, 0.2) is 18.2 Å². The third kappa shape index (κ3) is 2.31. The summed E-state index contributed by atoms with van der Waals surface area (Å²) in [4.78, 5) is 11.5. The zero-order valence-corrected chi connectivity index (χ0v) is 9.84. The number of nitrogens with one attached hydrogen (secondary N) is 1. The van der Waals surface area contributed by atoms with Crippen LogP contribution in [0.4, 0.5) is 5.69 Å².